The molecule has 0 bridgehead atoms. The Morgan fingerprint density at radius 1 is 1.32 bits per heavy atom. The zero-order valence-corrected chi connectivity index (χ0v) is 12.6. The van der Waals surface area contributed by atoms with Crippen LogP contribution in [0, 0.1) is 6.92 Å². The minimum atomic E-state index is -0.258. The molecule has 0 amide bonds. The van der Waals surface area contributed by atoms with Crippen molar-refractivity contribution in [3.05, 3.63) is 29.6 Å². The molecule has 0 spiro atoms. The Balaban J connectivity index is 2.34. The number of hydrogen-bond donors (Lipinski definition) is 1. The Labute approximate surface area is 117 Å². The summed E-state index contributed by atoms with van der Waals surface area (Å²) >= 11 is 0. The van der Waals surface area contributed by atoms with Gasteiger partial charge in [-0.3, -0.25) is 9.88 Å². The second-order valence-corrected chi connectivity index (χ2v) is 5.29. The topological polar surface area (TPSA) is 39.6 Å². The molecule has 0 aliphatic carbocycles. The van der Waals surface area contributed by atoms with Gasteiger partial charge in [0.25, 0.3) is 0 Å². The van der Waals surface area contributed by atoms with Gasteiger partial charge in [0.05, 0.1) is 6.10 Å². The van der Waals surface area contributed by atoms with Crippen LogP contribution in [0.3, 0.4) is 0 Å². The van der Waals surface area contributed by atoms with Crippen molar-refractivity contribution in [3.63, 3.8) is 0 Å². The highest BCUT2D eigenvalue weighted by Gasteiger charge is 2.07. The second kappa shape index (κ2) is 8.25. The highest BCUT2D eigenvalue weighted by Crippen LogP contribution is 2.03. The Morgan fingerprint density at radius 3 is 2.58 bits per heavy atom. The minimum absolute atomic E-state index is 0.258. The molecule has 1 aromatic heterocycles. The van der Waals surface area contributed by atoms with Gasteiger partial charge in [0.1, 0.15) is 0 Å². The number of likely N-dealkylation sites (N-methyl/N-ethyl adjacent to an activating group) is 2. The largest absolute Gasteiger partial charge is 0.392 e. The van der Waals surface area contributed by atoms with E-state index in [4.69, 9.17) is 0 Å². The fraction of sp³-hybridized carbons (Fsp3) is 0.667. The molecule has 4 nitrogen and oxygen atoms in total. The van der Waals surface area contributed by atoms with Gasteiger partial charge in [0, 0.05) is 38.1 Å². The SMILES string of the molecule is CCN(CCN(C)Cc1ccc(C)nc1)C[C@@H](C)O. The molecule has 0 unspecified atom stereocenters. The molecule has 1 aromatic rings. The summed E-state index contributed by atoms with van der Waals surface area (Å²) < 4.78 is 0. The monoisotopic (exact) mass is 265 g/mol. The van der Waals surface area contributed by atoms with Gasteiger partial charge in [-0.1, -0.05) is 13.0 Å². The number of aryl methyl sites for hydroxylation is 1. The molecule has 108 valence electrons. The van der Waals surface area contributed by atoms with E-state index >= 15 is 0 Å². The maximum absolute atomic E-state index is 9.42. The van der Waals surface area contributed by atoms with Gasteiger partial charge < -0.3 is 10.0 Å². The number of aliphatic hydroxyl groups excluding tert-OH is 1. The summed E-state index contributed by atoms with van der Waals surface area (Å²) in [5.74, 6) is 0. The summed E-state index contributed by atoms with van der Waals surface area (Å²) in [6.45, 7) is 10.6. The summed E-state index contributed by atoms with van der Waals surface area (Å²) in [4.78, 5) is 8.87. The van der Waals surface area contributed by atoms with E-state index in [1.54, 1.807) is 0 Å². The third-order valence-electron chi connectivity index (χ3n) is 3.19. The van der Waals surface area contributed by atoms with Crippen LogP contribution in [0.25, 0.3) is 0 Å². The Kier molecular flexibility index (Phi) is 6.99. The molecule has 1 atom stereocenters. The quantitative estimate of drug-likeness (QED) is 0.774. The first-order valence-electron chi connectivity index (χ1n) is 7.01. The van der Waals surface area contributed by atoms with Gasteiger partial charge in [-0.25, -0.2) is 0 Å². The second-order valence-electron chi connectivity index (χ2n) is 5.29. The average Bonchev–Trinajstić information content (AvgIpc) is 2.37. The molecule has 1 rings (SSSR count). The van der Waals surface area contributed by atoms with Crippen LogP contribution in [0.1, 0.15) is 25.1 Å². The molecule has 4 heteroatoms. The maximum Gasteiger partial charge on any atom is 0.0639 e. The molecule has 19 heavy (non-hydrogen) atoms. The summed E-state index contributed by atoms with van der Waals surface area (Å²) in [6.07, 6.45) is 1.69. The third kappa shape index (κ3) is 6.66. The van der Waals surface area contributed by atoms with Crippen molar-refractivity contribution in [3.8, 4) is 0 Å². The minimum Gasteiger partial charge on any atom is -0.392 e. The van der Waals surface area contributed by atoms with Crippen LogP contribution in [-0.4, -0.2) is 59.2 Å². The molecule has 0 aromatic carbocycles. The van der Waals surface area contributed by atoms with E-state index in [1.165, 1.54) is 5.56 Å². The first kappa shape index (κ1) is 16.1. The maximum atomic E-state index is 9.42. The third-order valence-corrected chi connectivity index (χ3v) is 3.19. The van der Waals surface area contributed by atoms with Crippen molar-refractivity contribution in [2.24, 2.45) is 0 Å². The number of aliphatic hydroxyl groups is 1. The van der Waals surface area contributed by atoms with Crippen LogP contribution in [0.2, 0.25) is 0 Å². The normalized spacial score (nSPS) is 13.2. The van der Waals surface area contributed by atoms with Crippen LogP contribution in [0.4, 0.5) is 0 Å². The van der Waals surface area contributed by atoms with Crippen LogP contribution < -0.4 is 0 Å². The van der Waals surface area contributed by atoms with Crippen LogP contribution in [0.5, 0.6) is 0 Å². The number of hydrogen-bond acceptors (Lipinski definition) is 4. The highest BCUT2D eigenvalue weighted by atomic mass is 16.3. The van der Waals surface area contributed by atoms with E-state index in [0.29, 0.717) is 0 Å². The van der Waals surface area contributed by atoms with E-state index in [2.05, 4.69) is 40.9 Å². The van der Waals surface area contributed by atoms with E-state index < -0.39 is 0 Å². The van der Waals surface area contributed by atoms with Crippen molar-refractivity contribution in [2.75, 3.05) is 33.2 Å². The van der Waals surface area contributed by atoms with Crippen molar-refractivity contribution >= 4 is 0 Å². The highest BCUT2D eigenvalue weighted by molar-refractivity contribution is 5.12. The predicted molar refractivity (Wildman–Crippen MR) is 79.1 cm³/mol. The average molecular weight is 265 g/mol. The van der Waals surface area contributed by atoms with E-state index in [9.17, 15) is 5.11 Å². The summed E-state index contributed by atoms with van der Waals surface area (Å²) in [5, 5.41) is 9.42. The fourth-order valence-electron chi connectivity index (χ4n) is 2.05. The van der Waals surface area contributed by atoms with Gasteiger partial charge in [0.2, 0.25) is 0 Å². The first-order chi connectivity index (χ1) is 9.01. The van der Waals surface area contributed by atoms with Crippen LogP contribution in [0.15, 0.2) is 18.3 Å². The fourth-order valence-corrected chi connectivity index (χ4v) is 2.05. The summed E-state index contributed by atoms with van der Waals surface area (Å²) in [5.41, 5.74) is 2.30. The van der Waals surface area contributed by atoms with Gasteiger partial charge in [-0.05, 0) is 39.1 Å². The molecular weight excluding hydrogens is 238 g/mol. The zero-order chi connectivity index (χ0) is 14.3. The van der Waals surface area contributed by atoms with E-state index in [1.807, 2.05) is 20.0 Å². The molecule has 0 saturated carbocycles. The molecule has 0 aliphatic heterocycles. The Hall–Kier alpha value is -0.970. The smallest absolute Gasteiger partial charge is 0.0639 e. The lowest BCUT2D eigenvalue weighted by Gasteiger charge is -2.25. The molecule has 0 saturated heterocycles. The van der Waals surface area contributed by atoms with E-state index in [0.717, 1.165) is 38.4 Å². The van der Waals surface area contributed by atoms with Crippen molar-refractivity contribution in [1.29, 1.82) is 0 Å². The summed E-state index contributed by atoms with van der Waals surface area (Å²) in [7, 11) is 2.12. The lowest BCUT2D eigenvalue weighted by Crippen LogP contribution is -2.37. The predicted octanol–water partition coefficient (Wildman–Crippen LogP) is 1.52. The number of aromatic nitrogens is 1. The summed E-state index contributed by atoms with van der Waals surface area (Å²) in [6, 6.07) is 4.18. The molecule has 1 heterocycles. The number of rotatable bonds is 8. The molecule has 0 fully saturated rings. The molecule has 0 radical (unpaired) electrons. The Morgan fingerprint density at radius 2 is 2.05 bits per heavy atom. The Bertz CT molecular complexity index is 351. The molecule has 1 N–H and O–H groups in total. The lowest BCUT2D eigenvalue weighted by molar-refractivity contribution is 0.122. The van der Waals surface area contributed by atoms with Crippen molar-refractivity contribution in [2.45, 2.75) is 33.4 Å². The first-order valence-corrected chi connectivity index (χ1v) is 7.01. The van der Waals surface area contributed by atoms with E-state index in [-0.39, 0.29) is 6.10 Å². The van der Waals surface area contributed by atoms with Crippen LogP contribution >= 0.6 is 0 Å². The zero-order valence-electron chi connectivity index (χ0n) is 12.6. The number of nitrogens with zero attached hydrogens (tertiary/aromatic N) is 3. The van der Waals surface area contributed by atoms with Crippen molar-refractivity contribution < 1.29 is 5.11 Å². The van der Waals surface area contributed by atoms with Gasteiger partial charge in [-0.15, -0.1) is 0 Å². The van der Waals surface area contributed by atoms with Crippen LogP contribution in [-0.2, 0) is 6.54 Å². The standard InChI is InChI=1S/C15H27N3O/c1-5-18(11-14(3)19)9-8-17(4)12-15-7-6-13(2)16-10-15/h6-7,10,14,19H,5,8-9,11-12H2,1-4H3/t14-/m1/s1. The van der Waals surface area contributed by atoms with Gasteiger partial charge in [0.15, 0.2) is 0 Å². The molecule has 0 aliphatic rings. The van der Waals surface area contributed by atoms with Gasteiger partial charge in [-0.2, -0.15) is 0 Å². The lowest BCUT2D eigenvalue weighted by atomic mass is 10.2. The van der Waals surface area contributed by atoms with Crippen molar-refractivity contribution in [1.82, 2.24) is 14.8 Å². The van der Waals surface area contributed by atoms with Gasteiger partial charge >= 0.3 is 0 Å². The number of pyridine rings is 1. The molecular formula is C15H27N3O.